The third-order valence-electron chi connectivity index (χ3n) is 7.73. The summed E-state index contributed by atoms with van der Waals surface area (Å²) in [5.41, 5.74) is 2.26. The van der Waals surface area contributed by atoms with Gasteiger partial charge in [-0.2, -0.15) is 18.3 Å². The van der Waals surface area contributed by atoms with Crippen LogP contribution in [0.25, 0.3) is 10.9 Å². The van der Waals surface area contributed by atoms with Crippen LogP contribution in [0.5, 0.6) is 0 Å². The fourth-order valence-corrected chi connectivity index (χ4v) is 6.07. The molecule has 0 bridgehead atoms. The average molecular weight is 576 g/mol. The van der Waals surface area contributed by atoms with E-state index < -0.39 is 21.8 Å². The minimum atomic E-state index is -4.39. The van der Waals surface area contributed by atoms with Crippen LogP contribution in [0, 0.1) is 5.92 Å². The van der Waals surface area contributed by atoms with Gasteiger partial charge in [-0.1, -0.05) is 18.7 Å². The summed E-state index contributed by atoms with van der Waals surface area (Å²) < 4.78 is 66.7. The Balaban J connectivity index is 1.39. The summed E-state index contributed by atoms with van der Waals surface area (Å²) in [6, 6.07) is 10.6. The second-order valence-corrected chi connectivity index (χ2v) is 12.2. The zero-order valence-electron chi connectivity index (χ0n) is 22.0. The molecule has 1 aromatic heterocycles. The summed E-state index contributed by atoms with van der Waals surface area (Å²) in [6.45, 7) is 6.56. The van der Waals surface area contributed by atoms with Gasteiger partial charge in [0.1, 0.15) is 0 Å². The van der Waals surface area contributed by atoms with Crippen LogP contribution in [0.15, 0.2) is 54.5 Å². The Labute approximate surface area is 231 Å². The van der Waals surface area contributed by atoms with E-state index in [1.54, 1.807) is 15.6 Å². The number of piperidine rings is 1. The SMILES string of the molecule is C=CS(=O)(=O)NC[C@H]1CCN(C(=O)c2ccc3c(c2)c(C2CCNCC2)nn3Cc2ccc(C(F)(F)F)cc2)C1. The predicted molar refractivity (Wildman–Crippen MR) is 146 cm³/mol. The topological polar surface area (TPSA) is 96.3 Å². The molecule has 2 fully saturated rings. The number of amides is 1. The van der Waals surface area contributed by atoms with Crippen molar-refractivity contribution in [2.45, 2.75) is 37.9 Å². The monoisotopic (exact) mass is 575 g/mol. The van der Waals surface area contributed by atoms with Crippen molar-refractivity contribution < 1.29 is 26.4 Å². The highest BCUT2D eigenvalue weighted by atomic mass is 32.2. The molecule has 214 valence electrons. The van der Waals surface area contributed by atoms with Crippen LogP contribution in [0.3, 0.4) is 0 Å². The molecule has 0 saturated carbocycles. The van der Waals surface area contributed by atoms with Gasteiger partial charge in [0, 0.05) is 41.9 Å². The Bertz CT molecular complexity index is 1500. The Morgan fingerprint density at radius 2 is 1.85 bits per heavy atom. The van der Waals surface area contributed by atoms with E-state index in [1.807, 2.05) is 12.1 Å². The van der Waals surface area contributed by atoms with Crippen molar-refractivity contribution in [3.8, 4) is 0 Å². The first kappa shape index (κ1) is 28.3. The number of fused-ring (bicyclic) bond motifs is 1. The lowest BCUT2D eigenvalue weighted by Gasteiger charge is -2.21. The summed E-state index contributed by atoms with van der Waals surface area (Å²) >= 11 is 0. The number of alkyl halides is 3. The van der Waals surface area contributed by atoms with E-state index in [9.17, 15) is 26.4 Å². The summed E-state index contributed by atoms with van der Waals surface area (Å²) in [5, 5.41) is 10.0. The standard InChI is InChI=1S/C28H32F3N5O3S/c1-2-40(38,39)33-16-20-11-14-35(17-20)27(37)22-5-8-25-24(15-22)26(21-9-12-32-13-10-21)34-36(25)18-19-3-6-23(7-4-19)28(29,30)31/h2-8,15,20-21,32-33H,1,9-14,16-18H2/t20-/m1/s1. The number of carbonyl (C=O) groups excluding carboxylic acids is 1. The summed E-state index contributed by atoms with van der Waals surface area (Å²) in [4.78, 5) is 15.2. The van der Waals surface area contributed by atoms with E-state index in [4.69, 9.17) is 5.10 Å². The first-order chi connectivity index (χ1) is 19.0. The van der Waals surface area contributed by atoms with Crippen LogP contribution in [0.1, 0.15) is 52.4 Å². The third kappa shape index (κ3) is 6.24. The first-order valence-electron chi connectivity index (χ1n) is 13.3. The van der Waals surface area contributed by atoms with E-state index in [-0.39, 0.29) is 24.3 Å². The van der Waals surface area contributed by atoms with Gasteiger partial charge in [-0.05, 0) is 74.2 Å². The van der Waals surface area contributed by atoms with Crippen molar-refractivity contribution in [2.24, 2.45) is 5.92 Å². The van der Waals surface area contributed by atoms with Crippen LogP contribution < -0.4 is 10.0 Å². The number of hydrogen-bond donors (Lipinski definition) is 2. The van der Waals surface area contributed by atoms with E-state index in [0.29, 0.717) is 37.2 Å². The molecule has 8 nitrogen and oxygen atoms in total. The van der Waals surface area contributed by atoms with Crippen molar-refractivity contribution in [1.29, 1.82) is 0 Å². The van der Waals surface area contributed by atoms with Crippen LogP contribution >= 0.6 is 0 Å². The number of hydrogen-bond acceptors (Lipinski definition) is 5. The number of sulfonamides is 1. The fourth-order valence-electron chi connectivity index (χ4n) is 5.49. The number of aromatic nitrogens is 2. The van der Waals surface area contributed by atoms with Crippen LogP contribution in [0.2, 0.25) is 0 Å². The molecule has 2 N–H and O–H groups in total. The quantitative estimate of drug-likeness (QED) is 0.422. The van der Waals surface area contributed by atoms with Crippen molar-refractivity contribution in [2.75, 3.05) is 32.7 Å². The maximum atomic E-state index is 13.4. The number of benzene rings is 2. The number of likely N-dealkylation sites (tertiary alicyclic amines) is 1. The minimum absolute atomic E-state index is 0.0131. The smallest absolute Gasteiger partial charge is 0.338 e. The number of nitrogens with zero attached hydrogens (tertiary/aromatic N) is 3. The molecule has 2 aromatic carbocycles. The molecule has 3 heterocycles. The van der Waals surface area contributed by atoms with Gasteiger partial charge in [0.25, 0.3) is 5.91 Å². The zero-order chi connectivity index (χ0) is 28.5. The molecule has 3 aromatic rings. The van der Waals surface area contributed by atoms with E-state index in [2.05, 4.69) is 16.6 Å². The van der Waals surface area contributed by atoms with E-state index in [0.717, 1.165) is 60.1 Å². The van der Waals surface area contributed by atoms with Gasteiger partial charge in [0.05, 0.1) is 23.3 Å². The zero-order valence-corrected chi connectivity index (χ0v) is 22.8. The summed E-state index contributed by atoms with van der Waals surface area (Å²) in [7, 11) is -3.52. The highest BCUT2D eigenvalue weighted by Crippen LogP contribution is 2.33. The first-order valence-corrected chi connectivity index (χ1v) is 14.9. The molecule has 12 heteroatoms. The van der Waals surface area contributed by atoms with Crippen LogP contribution in [-0.2, 0) is 22.7 Å². The number of rotatable bonds is 8. The summed E-state index contributed by atoms with van der Waals surface area (Å²) in [6.07, 6.45) is -1.89. The average Bonchev–Trinajstić information content (AvgIpc) is 3.57. The number of nitrogens with one attached hydrogen (secondary N) is 2. The maximum Gasteiger partial charge on any atom is 0.416 e. The van der Waals surface area contributed by atoms with Gasteiger partial charge >= 0.3 is 6.18 Å². The van der Waals surface area contributed by atoms with E-state index >= 15 is 0 Å². The van der Waals surface area contributed by atoms with Gasteiger partial charge in [-0.25, -0.2) is 13.1 Å². The highest BCUT2D eigenvalue weighted by molar-refractivity contribution is 7.92. The lowest BCUT2D eigenvalue weighted by molar-refractivity contribution is -0.137. The fraction of sp³-hybridized carbons (Fsp3) is 0.429. The molecule has 0 aliphatic carbocycles. The molecular weight excluding hydrogens is 543 g/mol. The highest BCUT2D eigenvalue weighted by Gasteiger charge is 2.31. The Morgan fingerprint density at radius 3 is 2.52 bits per heavy atom. The molecule has 2 aliphatic rings. The lowest BCUT2D eigenvalue weighted by atomic mass is 9.92. The van der Waals surface area contributed by atoms with E-state index in [1.165, 1.54) is 12.1 Å². The maximum absolute atomic E-state index is 13.4. The normalized spacial score (nSPS) is 18.9. The minimum Gasteiger partial charge on any atom is -0.338 e. The van der Waals surface area contributed by atoms with Gasteiger partial charge in [-0.3, -0.25) is 9.48 Å². The Kier molecular flexibility index (Phi) is 8.03. The van der Waals surface area contributed by atoms with Gasteiger partial charge in [-0.15, -0.1) is 0 Å². The Hall–Kier alpha value is -3.22. The predicted octanol–water partition coefficient (Wildman–Crippen LogP) is 4.10. The molecule has 0 unspecified atom stereocenters. The molecule has 0 radical (unpaired) electrons. The molecular formula is C28H32F3N5O3S. The van der Waals surface area contributed by atoms with Crippen molar-refractivity contribution >= 4 is 26.8 Å². The third-order valence-corrected chi connectivity index (χ3v) is 8.74. The molecule has 2 saturated heterocycles. The lowest BCUT2D eigenvalue weighted by Crippen LogP contribution is -2.32. The molecule has 1 atom stereocenters. The number of halogens is 3. The largest absolute Gasteiger partial charge is 0.416 e. The summed E-state index contributed by atoms with van der Waals surface area (Å²) in [5.74, 6) is 0.0962. The molecule has 5 rings (SSSR count). The Morgan fingerprint density at radius 1 is 1.12 bits per heavy atom. The molecule has 0 spiro atoms. The van der Waals surface area contributed by atoms with Gasteiger partial charge in [0.15, 0.2) is 0 Å². The van der Waals surface area contributed by atoms with Crippen LogP contribution in [0.4, 0.5) is 13.2 Å². The molecule has 1 amide bonds. The number of carbonyl (C=O) groups is 1. The second-order valence-electron chi connectivity index (χ2n) is 10.5. The van der Waals surface area contributed by atoms with Crippen molar-refractivity contribution in [1.82, 2.24) is 24.7 Å². The molecule has 40 heavy (non-hydrogen) atoms. The van der Waals surface area contributed by atoms with Gasteiger partial charge in [0.2, 0.25) is 10.0 Å². The van der Waals surface area contributed by atoms with Crippen molar-refractivity contribution in [3.63, 3.8) is 0 Å². The van der Waals surface area contributed by atoms with Gasteiger partial charge < -0.3 is 10.2 Å². The second kappa shape index (κ2) is 11.3. The molecule has 2 aliphatic heterocycles. The van der Waals surface area contributed by atoms with Crippen LogP contribution in [-0.4, -0.2) is 61.7 Å². The van der Waals surface area contributed by atoms with Crippen molar-refractivity contribution in [3.05, 3.63) is 76.8 Å².